The SMILES string of the molecule is Cc1ccc2oc(C(=O)NC3CCCNC3)cc2c1. The van der Waals surface area contributed by atoms with Gasteiger partial charge in [0.2, 0.25) is 0 Å². The fourth-order valence-corrected chi connectivity index (χ4v) is 2.51. The minimum absolute atomic E-state index is 0.123. The number of aryl methyl sites for hydroxylation is 1. The summed E-state index contributed by atoms with van der Waals surface area (Å²) in [5.74, 6) is 0.272. The van der Waals surface area contributed by atoms with Gasteiger partial charge in [-0.05, 0) is 44.5 Å². The Morgan fingerprint density at radius 3 is 3.11 bits per heavy atom. The molecule has 1 aliphatic rings. The summed E-state index contributed by atoms with van der Waals surface area (Å²) < 4.78 is 5.59. The number of carbonyl (C=O) groups excluding carboxylic acids is 1. The van der Waals surface area contributed by atoms with Crippen LogP contribution in [0.1, 0.15) is 29.0 Å². The topological polar surface area (TPSA) is 54.3 Å². The lowest BCUT2D eigenvalue weighted by Crippen LogP contribution is -2.45. The van der Waals surface area contributed by atoms with Crippen molar-refractivity contribution in [1.82, 2.24) is 10.6 Å². The third kappa shape index (κ3) is 2.63. The average Bonchev–Trinajstić information content (AvgIpc) is 2.83. The molecule has 19 heavy (non-hydrogen) atoms. The van der Waals surface area contributed by atoms with Crippen LogP contribution in [0, 0.1) is 6.92 Å². The maximum Gasteiger partial charge on any atom is 0.287 e. The van der Waals surface area contributed by atoms with Crippen LogP contribution in [0.5, 0.6) is 0 Å². The molecule has 100 valence electrons. The smallest absolute Gasteiger partial charge is 0.287 e. The normalized spacial score (nSPS) is 19.5. The molecule has 1 unspecified atom stereocenters. The van der Waals surface area contributed by atoms with Gasteiger partial charge in [0, 0.05) is 18.0 Å². The van der Waals surface area contributed by atoms with E-state index in [1.54, 1.807) is 0 Å². The minimum Gasteiger partial charge on any atom is -0.451 e. The second-order valence-electron chi connectivity index (χ2n) is 5.17. The van der Waals surface area contributed by atoms with Crippen molar-refractivity contribution in [3.8, 4) is 0 Å². The van der Waals surface area contributed by atoms with Crippen LogP contribution in [-0.4, -0.2) is 25.0 Å². The van der Waals surface area contributed by atoms with Crippen molar-refractivity contribution in [3.05, 3.63) is 35.6 Å². The molecular formula is C15H18N2O2. The molecule has 0 bridgehead atoms. The number of piperidine rings is 1. The van der Waals surface area contributed by atoms with Crippen LogP contribution in [0.25, 0.3) is 11.0 Å². The Morgan fingerprint density at radius 1 is 1.42 bits per heavy atom. The average molecular weight is 258 g/mol. The van der Waals surface area contributed by atoms with Crippen LogP contribution in [0.4, 0.5) is 0 Å². The fraction of sp³-hybridized carbons (Fsp3) is 0.400. The molecule has 2 heterocycles. The number of fused-ring (bicyclic) bond motifs is 1. The molecule has 1 aromatic carbocycles. The number of hydrogen-bond acceptors (Lipinski definition) is 3. The van der Waals surface area contributed by atoms with Gasteiger partial charge in [0.05, 0.1) is 0 Å². The van der Waals surface area contributed by atoms with Gasteiger partial charge in [-0.3, -0.25) is 4.79 Å². The van der Waals surface area contributed by atoms with Crippen molar-refractivity contribution in [1.29, 1.82) is 0 Å². The first-order chi connectivity index (χ1) is 9.22. The van der Waals surface area contributed by atoms with Crippen LogP contribution in [-0.2, 0) is 0 Å². The highest BCUT2D eigenvalue weighted by Crippen LogP contribution is 2.20. The zero-order valence-electron chi connectivity index (χ0n) is 11.0. The molecule has 0 aliphatic carbocycles. The first kappa shape index (κ1) is 12.2. The van der Waals surface area contributed by atoms with Gasteiger partial charge < -0.3 is 15.1 Å². The number of furan rings is 1. The Labute approximate surface area is 112 Å². The summed E-state index contributed by atoms with van der Waals surface area (Å²) in [5.41, 5.74) is 1.93. The summed E-state index contributed by atoms with van der Waals surface area (Å²) in [5, 5.41) is 7.27. The molecule has 0 saturated carbocycles. The van der Waals surface area contributed by atoms with E-state index in [1.165, 1.54) is 0 Å². The number of nitrogens with one attached hydrogen (secondary N) is 2. The van der Waals surface area contributed by atoms with Crippen molar-refractivity contribution in [3.63, 3.8) is 0 Å². The molecule has 2 N–H and O–H groups in total. The molecule has 4 nitrogen and oxygen atoms in total. The standard InChI is InChI=1S/C15H18N2O2/c1-10-4-5-13-11(7-10)8-14(19-13)15(18)17-12-3-2-6-16-9-12/h4-5,7-8,12,16H,2-3,6,9H2,1H3,(H,17,18). The number of carbonyl (C=O) groups is 1. The zero-order valence-corrected chi connectivity index (χ0v) is 11.0. The number of amides is 1. The largest absolute Gasteiger partial charge is 0.451 e. The second-order valence-corrected chi connectivity index (χ2v) is 5.17. The van der Waals surface area contributed by atoms with E-state index in [-0.39, 0.29) is 11.9 Å². The molecule has 0 spiro atoms. The van der Waals surface area contributed by atoms with Crippen molar-refractivity contribution < 1.29 is 9.21 Å². The van der Waals surface area contributed by atoms with E-state index in [9.17, 15) is 4.79 Å². The summed E-state index contributed by atoms with van der Waals surface area (Å²) in [6, 6.07) is 7.93. The Balaban J connectivity index is 1.77. The van der Waals surface area contributed by atoms with Crippen molar-refractivity contribution in [2.75, 3.05) is 13.1 Å². The van der Waals surface area contributed by atoms with E-state index in [4.69, 9.17) is 4.42 Å². The van der Waals surface area contributed by atoms with E-state index in [1.807, 2.05) is 31.2 Å². The quantitative estimate of drug-likeness (QED) is 0.868. The lowest BCUT2D eigenvalue weighted by atomic mass is 10.1. The van der Waals surface area contributed by atoms with E-state index >= 15 is 0 Å². The Kier molecular flexibility index (Phi) is 3.25. The lowest BCUT2D eigenvalue weighted by Gasteiger charge is -2.23. The minimum atomic E-state index is -0.123. The molecule has 3 rings (SSSR count). The highest BCUT2D eigenvalue weighted by molar-refractivity contribution is 5.96. The van der Waals surface area contributed by atoms with Crippen LogP contribution in [0.3, 0.4) is 0 Å². The predicted octanol–water partition coefficient (Wildman–Crippen LogP) is 2.22. The summed E-state index contributed by atoms with van der Waals surface area (Å²) in [7, 11) is 0. The van der Waals surface area contributed by atoms with E-state index in [0.717, 1.165) is 42.5 Å². The van der Waals surface area contributed by atoms with E-state index in [2.05, 4.69) is 10.6 Å². The van der Waals surface area contributed by atoms with Crippen molar-refractivity contribution >= 4 is 16.9 Å². The van der Waals surface area contributed by atoms with Gasteiger partial charge in [-0.25, -0.2) is 0 Å². The van der Waals surface area contributed by atoms with E-state index in [0.29, 0.717) is 5.76 Å². The van der Waals surface area contributed by atoms with Gasteiger partial charge >= 0.3 is 0 Å². The maximum absolute atomic E-state index is 12.1. The fourth-order valence-electron chi connectivity index (χ4n) is 2.51. The third-order valence-corrected chi connectivity index (χ3v) is 3.53. The Morgan fingerprint density at radius 2 is 2.32 bits per heavy atom. The number of rotatable bonds is 2. The van der Waals surface area contributed by atoms with Gasteiger partial charge in [-0.2, -0.15) is 0 Å². The summed E-state index contributed by atoms with van der Waals surface area (Å²) in [4.78, 5) is 12.1. The van der Waals surface area contributed by atoms with Gasteiger partial charge in [0.25, 0.3) is 5.91 Å². The van der Waals surface area contributed by atoms with Gasteiger partial charge in [-0.15, -0.1) is 0 Å². The van der Waals surface area contributed by atoms with E-state index < -0.39 is 0 Å². The van der Waals surface area contributed by atoms with Gasteiger partial charge in [-0.1, -0.05) is 11.6 Å². The Bertz CT molecular complexity index is 597. The second kappa shape index (κ2) is 5.05. The van der Waals surface area contributed by atoms with Crippen LogP contribution in [0.2, 0.25) is 0 Å². The molecule has 1 atom stereocenters. The van der Waals surface area contributed by atoms with Crippen molar-refractivity contribution in [2.45, 2.75) is 25.8 Å². The molecule has 1 aliphatic heterocycles. The highest BCUT2D eigenvalue weighted by atomic mass is 16.3. The molecule has 2 aromatic rings. The monoisotopic (exact) mass is 258 g/mol. The molecule has 1 fully saturated rings. The van der Waals surface area contributed by atoms with Gasteiger partial charge in [0.15, 0.2) is 5.76 Å². The molecule has 0 radical (unpaired) electrons. The molecule has 1 saturated heterocycles. The van der Waals surface area contributed by atoms with Crippen molar-refractivity contribution in [2.24, 2.45) is 0 Å². The summed E-state index contributed by atoms with van der Waals surface area (Å²) in [6.45, 7) is 3.90. The van der Waals surface area contributed by atoms with Crippen LogP contribution in [0.15, 0.2) is 28.7 Å². The molecule has 1 amide bonds. The van der Waals surface area contributed by atoms with Crippen LogP contribution < -0.4 is 10.6 Å². The first-order valence-corrected chi connectivity index (χ1v) is 6.74. The first-order valence-electron chi connectivity index (χ1n) is 6.74. The lowest BCUT2D eigenvalue weighted by molar-refractivity contribution is 0.0905. The van der Waals surface area contributed by atoms with Crippen LogP contribution >= 0.6 is 0 Å². The number of benzene rings is 1. The maximum atomic E-state index is 12.1. The summed E-state index contributed by atoms with van der Waals surface area (Å²) >= 11 is 0. The van der Waals surface area contributed by atoms with Gasteiger partial charge in [0.1, 0.15) is 5.58 Å². The zero-order chi connectivity index (χ0) is 13.2. The molecular weight excluding hydrogens is 240 g/mol. The third-order valence-electron chi connectivity index (χ3n) is 3.53. The number of hydrogen-bond donors (Lipinski definition) is 2. The summed E-state index contributed by atoms with van der Waals surface area (Å²) in [6.07, 6.45) is 2.13. The molecule has 4 heteroatoms. The molecule has 1 aromatic heterocycles. The predicted molar refractivity (Wildman–Crippen MR) is 74.3 cm³/mol. The highest BCUT2D eigenvalue weighted by Gasteiger charge is 2.18. The Hall–Kier alpha value is -1.81.